The third-order valence-corrected chi connectivity index (χ3v) is 3.74. The maximum atomic E-state index is 6.00. The van der Waals surface area contributed by atoms with Crippen LogP contribution in [0.25, 0.3) is 0 Å². The smallest absolute Gasteiger partial charge is 0.125 e. The fourth-order valence-corrected chi connectivity index (χ4v) is 2.80. The molecule has 0 aliphatic carbocycles. The summed E-state index contributed by atoms with van der Waals surface area (Å²) in [6.07, 6.45) is 3.47. The molecule has 0 radical (unpaired) electrons. The monoisotopic (exact) mass is 233 g/mol. The predicted octanol–water partition coefficient (Wildman–Crippen LogP) is 1.98. The van der Waals surface area contributed by atoms with E-state index >= 15 is 0 Å². The molecule has 1 aromatic carbocycles. The van der Waals surface area contributed by atoms with Crippen LogP contribution in [0, 0.1) is 0 Å². The van der Waals surface area contributed by atoms with Gasteiger partial charge < -0.3 is 14.8 Å². The molecule has 17 heavy (non-hydrogen) atoms. The molecule has 92 valence electrons. The largest absolute Gasteiger partial charge is 0.488 e. The van der Waals surface area contributed by atoms with Gasteiger partial charge in [-0.2, -0.15) is 0 Å². The lowest BCUT2D eigenvalue weighted by atomic mass is 9.89. The molecule has 1 unspecified atom stereocenters. The molecule has 1 atom stereocenters. The summed E-state index contributed by atoms with van der Waals surface area (Å²) < 4.78 is 12.0. The summed E-state index contributed by atoms with van der Waals surface area (Å²) in [5, 5.41) is 3.38. The van der Waals surface area contributed by atoms with Crippen molar-refractivity contribution in [3.05, 3.63) is 30.3 Å². The Bertz CT molecular complexity index is 360. The first-order valence-electron chi connectivity index (χ1n) is 6.43. The van der Waals surface area contributed by atoms with Gasteiger partial charge in [0.25, 0.3) is 0 Å². The number of rotatable bonds is 2. The highest BCUT2D eigenvalue weighted by Gasteiger charge is 2.42. The van der Waals surface area contributed by atoms with Crippen molar-refractivity contribution in [1.82, 2.24) is 5.32 Å². The second-order valence-electron chi connectivity index (χ2n) is 5.00. The highest BCUT2D eigenvalue weighted by Crippen LogP contribution is 2.35. The van der Waals surface area contributed by atoms with Gasteiger partial charge in [-0.05, 0) is 38.1 Å². The van der Waals surface area contributed by atoms with Gasteiger partial charge in [0.15, 0.2) is 0 Å². The van der Waals surface area contributed by atoms with Crippen molar-refractivity contribution in [2.24, 2.45) is 0 Å². The summed E-state index contributed by atoms with van der Waals surface area (Å²) in [7, 11) is 0. The first-order chi connectivity index (χ1) is 8.36. The van der Waals surface area contributed by atoms with Crippen LogP contribution in [0.2, 0.25) is 0 Å². The normalized spacial score (nSPS) is 27.2. The second kappa shape index (κ2) is 4.67. The molecule has 2 heterocycles. The van der Waals surface area contributed by atoms with Gasteiger partial charge in [-0.15, -0.1) is 0 Å². The number of hydrogen-bond donors (Lipinski definition) is 1. The van der Waals surface area contributed by atoms with Crippen molar-refractivity contribution in [2.75, 3.05) is 19.7 Å². The Morgan fingerprint density at radius 3 is 2.71 bits per heavy atom. The highest BCUT2D eigenvalue weighted by molar-refractivity contribution is 5.21. The summed E-state index contributed by atoms with van der Waals surface area (Å²) in [5.41, 5.74) is 0.0880. The number of ether oxygens (including phenoxy) is 2. The quantitative estimate of drug-likeness (QED) is 0.847. The van der Waals surface area contributed by atoms with E-state index in [-0.39, 0.29) is 11.7 Å². The van der Waals surface area contributed by atoms with Crippen molar-refractivity contribution < 1.29 is 9.47 Å². The second-order valence-corrected chi connectivity index (χ2v) is 5.00. The molecule has 1 N–H and O–H groups in total. The van der Waals surface area contributed by atoms with E-state index in [4.69, 9.17) is 9.47 Å². The summed E-state index contributed by atoms with van der Waals surface area (Å²) >= 11 is 0. The van der Waals surface area contributed by atoms with Crippen LogP contribution in [0.4, 0.5) is 0 Å². The molecule has 2 saturated heterocycles. The number of hydrogen-bond acceptors (Lipinski definition) is 3. The zero-order chi connectivity index (χ0) is 11.6. The summed E-state index contributed by atoms with van der Waals surface area (Å²) in [6, 6.07) is 10.0. The van der Waals surface area contributed by atoms with Crippen molar-refractivity contribution >= 4 is 0 Å². The highest BCUT2D eigenvalue weighted by atomic mass is 16.6. The fourth-order valence-electron chi connectivity index (χ4n) is 2.80. The van der Waals surface area contributed by atoms with Gasteiger partial charge in [0.2, 0.25) is 0 Å². The van der Waals surface area contributed by atoms with E-state index in [9.17, 15) is 0 Å². The Morgan fingerprint density at radius 2 is 1.94 bits per heavy atom. The van der Waals surface area contributed by atoms with Gasteiger partial charge in [0, 0.05) is 6.42 Å². The van der Waals surface area contributed by atoms with Crippen molar-refractivity contribution in [1.29, 1.82) is 0 Å². The van der Waals surface area contributed by atoms with Crippen LogP contribution in [0.15, 0.2) is 30.3 Å². The van der Waals surface area contributed by atoms with E-state index in [2.05, 4.69) is 5.32 Å². The van der Waals surface area contributed by atoms with Crippen LogP contribution in [0.3, 0.4) is 0 Å². The maximum absolute atomic E-state index is 6.00. The molecule has 0 bridgehead atoms. The third kappa shape index (κ3) is 2.45. The lowest BCUT2D eigenvalue weighted by Crippen LogP contribution is -2.41. The molecule has 3 heteroatoms. The molecule has 2 aliphatic heterocycles. The zero-order valence-corrected chi connectivity index (χ0v) is 10.0. The molecular formula is C14H19NO2. The summed E-state index contributed by atoms with van der Waals surface area (Å²) in [5.74, 6) is 0.951. The average molecular weight is 233 g/mol. The standard InChI is InChI=1S/C14H19NO2/c1-2-4-12(5-3-1)17-13-10-14(16-11-13)6-8-15-9-7-14/h1-5,13,15H,6-11H2. The third-order valence-electron chi connectivity index (χ3n) is 3.74. The van der Waals surface area contributed by atoms with E-state index < -0.39 is 0 Å². The van der Waals surface area contributed by atoms with Crippen LogP contribution in [-0.4, -0.2) is 31.4 Å². The molecule has 1 aromatic rings. The van der Waals surface area contributed by atoms with Crippen molar-refractivity contribution in [2.45, 2.75) is 31.0 Å². The van der Waals surface area contributed by atoms with E-state index in [0.29, 0.717) is 0 Å². The lowest BCUT2D eigenvalue weighted by Gasteiger charge is -2.32. The maximum Gasteiger partial charge on any atom is 0.125 e. The predicted molar refractivity (Wildman–Crippen MR) is 66.3 cm³/mol. The molecular weight excluding hydrogens is 214 g/mol. The molecule has 0 aromatic heterocycles. The Hall–Kier alpha value is -1.06. The lowest BCUT2D eigenvalue weighted by molar-refractivity contribution is -0.0205. The molecule has 0 saturated carbocycles. The Morgan fingerprint density at radius 1 is 1.18 bits per heavy atom. The summed E-state index contributed by atoms with van der Waals surface area (Å²) in [6.45, 7) is 2.87. The molecule has 3 nitrogen and oxygen atoms in total. The SMILES string of the molecule is c1ccc(OC2COC3(CCNCC3)C2)cc1. The minimum atomic E-state index is 0.0880. The molecule has 3 rings (SSSR count). The van der Waals surface area contributed by atoms with E-state index in [1.807, 2.05) is 30.3 Å². The van der Waals surface area contributed by atoms with Crippen LogP contribution in [0.5, 0.6) is 5.75 Å². The Balaban J connectivity index is 1.60. The minimum absolute atomic E-state index is 0.0880. The Labute approximate surface area is 102 Å². The average Bonchev–Trinajstić information content (AvgIpc) is 2.74. The van der Waals surface area contributed by atoms with Crippen LogP contribution >= 0.6 is 0 Å². The number of benzene rings is 1. The first kappa shape index (κ1) is 11.1. The minimum Gasteiger partial charge on any atom is -0.488 e. The van der Waals surface area contributed by atoms with Gasteiger partial charge in [-0.3, -0.25) is 0 Å². The van der Waals surface area contributed by atoms with Gasteiger partial charge in [0.1, 0.15) is 11.9 Å². The fraction of sp³-hybridized carbons (Fsp3) is 0.571. The van der Waals surface area contributed by atoms with Crippen LogP contribution in [-0.2, 0) is 4.74 Å². The number of nitrogens with one attached hydrogen (secondary N) is 1. The molecule has 0 amide bonds. The first-order valence-corrected chi connectivity index (χ1v) is 6.43. The van der Waals surface area contributed by atoms with Gasteiger partial charge >= 0.3 is 0 Å². The van der Waals surface area contributed by atoms with Crippen LogP contribution < -0.4 is 10.1 Å². The molecule has 2 fully saturated rings. The van der Waals surface area contributed by atoms with E-state index in [1.165, 1.54) is 0 Å². The van der Waals surface area contributed by atoms with Crippen LogP contribution in [0.1, 0.15) is 19.3 Å². The van der Waals surface area contributed by atoms with Gasteiger partial charge in [-0.1, -0.05) is 18.2 Å². The topological polar surface area (TPSA) is 30.5 Å². The van der Waals surface area contributed by atoms with E-state index in [1.54, 1.807) is 0 Å². The Kier molecular flexibility index (Phi) is 3.04. The van der Waals surface area contributed by atoms with Gasteiger partial charge in [0.05, 0.1) is 12.2 Å². The molecule has 2 aliphatic rings. The van der Waals surface area contributed by atoms with E-state index in [0.717, 1.165) is 44.7 Å². The summed E-state index contributed by atoms with van der Waals surface area (Å²) in [4.78, 5) is 0. The number of piperidine rings is 1. The van der Waals surface area contributed by atoms with Gasteiger partial charge in [-0.25, -0.2) is 0 Å². The number of para-hydroxylation sites is 1. The molecule has 1 spiro atoms. The van der Waals surface area contributed by atoms with Crippen molar-refractivity contribution in [3.63, 3.8) is 0 Å². The van der Waals surface area contributed by atoms with Crippen molar-refractivity contribution in [3.8, 4) is 5.75 Å². The zero-order valence-electron chi connectivity index (χ0n) is 10.0.